The van der Waals surface area contributed by atoms with E-state index >= 15 is 0 Å². The van der Waals surface area contributed by atoms with Gasteiger partial charge in [-0.15, -0.1) is 0 Å². The number of ether oxygens (including phenoxy) is 1. The molecule has 0 bridgehead atoms. The molecule has 2 heterocycles. The van der Waals surface area contributed by atoms with Crippen molar-refractivity contribution in [3.8, 4) is 5.75 Å². The molecule has 6 unspecified atom stereocenters. The van der Waals surface area contributed by atoms with Crippen LogP contribution < -0.4 is 14.5 Å². The quantitative estimate of drug-likeness (QED) is 0.198. The highest BCUT2D eigenvalue weighted by Gasteiger charge is 2.52. The van der Waals surface area contributed by atoms with E-state index in [9.17, 15) is 0 Å². The number of fused-ring (bicyclic) bond motifs is 10. The van der Waals surface area contributed by atoms with Crippen LogP contribution in [0, 0.1) is 0 Å². The first-order chi connectivity index (χ1) is 22.0. The minimum absolute atomic E-state index is 0.133. The molecule has 0 saturated carbocycles. The van der Waals surface area contributed by atoms with E-state index in [1.54, 1.807) is 22.3 Å². The molecule has 8 rings (SSSR count). The molecule has 2 aliphatic carbocycles. The van der Waals surface area contributed by atoms with Gasteiger partial charge >= 0.3 is 0 Å². The van der Waals surface area contributed by atoms with E-state index in [1.807, 2.05) is 7.11 Å². The van der Waals surface area contributed by atoms with Crippen molar-refractivity contribution in [2.24, 2.45) is 0 Å². The maximum Gasteiger partial charge on any atom is 0.119 e. The van der Waals surface area contributed by atoms with Crippen molar-refractivity contribution in [2.45, 2.75) is 94.9 Å². The Morgan fingerprint density at radius 3 is 1.93 bits per heavy atom. The van der Waals surface area contributed by atoms with Crippen molar-refractivity contribution in [3.05, 3.63) is 124 Å². The van der Waals surface area contributed by atoms with Crippen molar-refractivity contribution < 1.29 is 4.74 Å². The molecule has 4 aromatic carbocycles. The predicted molar refractivity (Wildman–Crippen MR) is 196 cm³/mol. The third-order valence-electron chi connectivity index (χ3n) is 11.6. The van der Waals surface area contributed by atoms with E-state index in [0.717, 1.165) is 18.7 Å². The van der Waals surface area contributed by atoms with Crippen molar-refractivity contribution in [2.75, 3.05) is 29.6 Å². The van der Waals surface area contributed by atoms with Gasteiger partial charge in [-0.25, -0.2) is 0 Å². The second-order valence-electron chi connectivity index (χ2n) is 16.7. The lowest BCUT2D eigenvalue weighted by Crippen LogP contribution is -2.41. The fourth-order valence-corrected chi connectivity index (χ4v) is 11.1. The summed E-state index contributed by atoms with van der Waals surface area (Å²) in [6, 6.07) is 33.8. The lowest BCUT2D eigenvalue weighted by molar-refractivity contribution is 0.413. The Morgan fingerprint density at radius 2 is 1.26 bits per heavy atom. The summed E-state index contributed by atoms with van der Waals surface area (Å²) in [4.78, 5) is 5.60. The molecule has 238 valence electrons. The molecular weight excluding hydrogens is 577 g/mol. The number of methoxy groups -OCH3 is 1. The summed E-state index contributed by atoms with van der Waals surface area (Å²) in [6.07, 6.45) is 2.30. The molecule has 4 heteroatoms. The van der Waals surface area contributed by atoms with Gasteiger partial charge in [0.1, 0.15) is 5.75 Å². The Labute approximate surface area is 277 Å². The summed E-state index contributed by atoms with van der Waals surface area (Å²) >= 11 is 0. The smallest absolute Gasteiger partial charge is 0.119 e. The van der Waals surface area contributed by atoms with Crippen LogP contribution in [0.1, 0.15) is 109 Å². The fourth-order valence-electron chi connectivity index (χ4n) is 9.73. The highest BCUT2D eigenvalue weighted by molar-refractivity contribution is 6.76. The minimum Gasteiger partial charge on any atom is -0.497 e. The number of hydrogen-bond acceptors (Lipinski definition) is 3. The topological polar surface area (TPSA) is 15.7 Å². The summed E-state index contributed by atoms with van der Waals surface area (Å²) in [6.45, 7) is 18.1. The second kappa shape index (κ2) is 10.5. The molecule has 0 aromatic heterocycles. The van der Waals surface area contributed by atoms with E-state index in [1.165, 1.54) is 34.2 Å². The third kappa shape index (κ3) is 4.50. The average molecular weight is 627 g/mol. The molecule has 0 N–H and O–H groups in total. The molecule has 0 fully saturated rings. The Hall–Kier alpha value is -3.50. The Kier molecular flexibility index (Phi) is 6.82. The van der Waals surface area contributed by atoms with Crippen molar-refractivity contribution in [1.29, 1.82) is 0 Å². The number of nitrogens with zero attached hydrogens (tertiary/aromatic N) is 2. The molecular formula is C42H50N2OSi. The normalized spacial score (nSPS) is 25.6. The van der Waals surface area contributed by atoms with E-state index in [4.69, 9.17) is 4.74 Å². The van der Waals surface area contributed by atoms with Crippen LogP contribution in [0.5, 0.6) is 5.75 Å². The first-order valence-electron chi connectivity index (χ1n) is 17.5. The molecule has 4 aliphatic rings. The molecule has 0 saturated heterocycles. The van der Waals surface area contributed by atoms with Gasteiger partial charge in [0.2, 0.25) is 0 Å². The van der Waals surface area contributed by atoms with Gasteiger partial charge in [0.25, 0.3) is 0 Å². The molecule has 4 aromatic rings. The highest BCUT2D eigenvalue weighted by Crippen LogP contribution is 2.64. The first kappa shape index (κ1) is 29.9. The van der Waals surface area contributed by atoms with Crippen LogP contribution in [0.25, 0.3) is 0 Å². The minimum atomic E-state index is -1.38. The molecule has 0 radical (unpaired) electrons. The Balaban J connectivity index is 1.20. The van der Waals surface area contributed by atoms with E-state index in [0.29, 0.717) is 35.8 Å². The van der Waals surface area contributed by atoms with Crippen LogP contribution in [0.3, 0.4) is 0 Å². The van der Waals surface area contributed by atoms with Gasteiger partial charge in [0.15, 0.2) is 0 Å². The third-order valence-corrected chi connectivity index (χ3v) is 12.9. The lowest BCUT2D eigenvalue weighted by atomic mass is 9.82. The SMILES string of the molecule is COc1ccc2c(c1)C1C(CCN3c4ccc(C(C)(C)C)cc4C4C(C)c5ccccc5C43)c3ccccc3C1N2C[Si](C)(C)C. The largest absolute Gasteiger partial charge is 0.497 e. The lowest BCUT2D eigenvalue weighted by Gasteiger charge is -2.33. The van der Waals surface area contributed by atoms with Crippen LogP contribution in [-0.2, 0) is 5.41 Å². The van der Waals surface area contributed by atoms with Crippen molar-refractivity contribution >= 4 is 19.4 Å². The van der Waals surface area contributed by atoms with Crippen LogP contribution in [0.2, 0.25) is 19.6 Å². The number of anilines is 2. The van der Waals surface area contributed by atoms with Gasteiger partial charge in [0, 0.05) is 35.9 Å². The maximum atomic E-state index is 5.82. The van der Waals surface area contributed by atoms with Crippen molar-refractivity contribution in [1.82, 2.24) is 0 Å². The van der Waals surface area contributed by atoms with Gasteiger partial charge in [-0.1, -0.05) is 108 Å². The zero-order valence-electron chi connectivity index (χ0n) is 29.0. The fraction of sp³-hybridized carbons (Fsp3) is 0.429. The van der Waals surface area contributed by atoms with Gasteiger partial charge in [0.05, 0.1) is 27.3 Å². The summed E-state index contributed by atoms with van der Waals surface area (Å²) in [7, 11) is 0.425. The number of benzene rings is 4. The first-order valence-corrected chi connectivity index (χ1v) is 21.2. The molecule has 0 amide bonds. The van der Waals surface area contributed by atoms with E-state index < -0.39 is 8.07 Å². The Morgan fingerprint density at radius 1 is 0.674 bits per heavy atom. The number of rotatable bonds is 6. The molecule has 0 spiro atoms. The van der Waals surface area contributed by atoms with Gasteiger partial charge < -0.3 is 14.5 Å². The molecule has 46 heavy (non-hydrogen) atoms. The predicted octanol–water partition coefficient (Wildman–Crippen LogP) is 10.5. The summed E-state index contributed by atoms with van der Waals surface area (Å²) in [5.74, 6) is 2.89. The van der Waals surface area contributed by atoms with E-state index in [-0.39, 0.29) is 5.41 Å². The summed E-state index contributed by atoms with van der Waals surface area (Å²) in [5, 5.41) is 0. The maximum absolute atomic E-state index is 5.82. The zero-order valence-corrected chi connectivity index (χ0v) is 30.0. The van der Waals surface area contributed by atoms with E-state index in [2.05, 4.69) is 142 Å². The van der Waals surface area contributed by atoms with Gasteiger partial charge in [-0.2, -0.15) is 0 Å². The monoisotopic (exact) mass is 626 g/mol. The highest BCUT2D eigenvalue weighted by atomic mass is 28.3. The molecule has 2 aliphatic heterocycles. The second-order valence-corrected chi connectivity index (χ2v) is 22.2. The van der Waals surface area contributed by atoms with Gasteiger partial charge in [-0.05, 0) is 86.9 Å². The number of hydrogen-bond donors (Lipinski definition) is 0. The summed E-state index contributed by atoms with van der Waals surface area (Å²) < 4.78 is 5.82. The van der Waals surface area contributed by atoms with Crippen molar-refractivity contribution in [3.63, 3.8) is 0 Å². The summed E-state index contributed by atoms with van der Waals surface area (Å²) in [5.41, 5.74) is 13.7. The van der Waals surface area contributed by atoms with Gasteiger partial charge in [-0.3, -0.25) is 0 Å². The Bertz CT molecular complexity index is 1820. The average Bonchev–Trinajstić information content (AvgIpc) is 3.71. The van der Waals surface area contributed by atoms with Crippen LogP contribution >= 0.6 is 0 Å². The zero-order chi connectivity index (χ0) is 32.1. The standard InChI is InChI=1S/C42H50N2OSi/c1-26-29-13-9-11-15-32(29)40-38(26)34-23-27(42(2,3)4)17-19-36(34)43(40)22-21-31-30-14-10-12-16-33(30)41-39(31)35-24-28(45-5)18-20-37(35)44(41)25-46(6,7)8/h9-20,23-24,26,31,38-41H,21-22,25H2,1-8H3. The molecule has 6 atom stereocenters. The van der Waals surface area contributed by atoms with Crippen LogP contribution in [0.15, 0.2) is 84.9 Å². The molecule has 3 nitrogen and oxygen atoms in total. The van der Waals surface area contributed by atoms with Crippen LogP contribution in [-0.4, -0.2) is 27.9 Å². The van der Waals surface area contributed by atoms with Crippen LogP contribution in [0.4, 0.5) is 11.4 Å².